The molecule has 0 bridgehead atoms. The number of amides is 2. The number of nitrogens with one attached hydrogen (secondary N) is 1. The molecule has 0 saturated carbocycles. The molecular weight excluding hydrogens is 338 g/mol. The van der Waals surface area contributed by atoms with E-state index < -0.39 is 0 Å². The first-order valence-corrected chi connectivity index (χ1v) is 8.98. The molecule has 2 fully saturated rings. The van der Waals surface area contributed by atoms with Crippen molar-refractivity contribution >= 4 is 28.7 Å². The minimum atomic E-state index is -0.335. The Morgan fingerprint density at radius 2 is 2.04 bits per heavy atom. The Bertz CT molecular complexity index is 782. The third-order valence-electron chi connectivity index (χ3n) is 4.21. The van der Waals surface area contributed by atoms with E-state index in [1.54, 1.807) is 6.20 Å². The summed E-state index contributed by atoms with van der Waals surface area (Å²) in [5.74, 6) is 1.57. The third-order valence-corrected chi connectivity index (χ3v) is 5.19. The van der Waals surface area contributed by atoms with Crippen LogP contribution in [0.4, 0.5) is 10.6 Å². The molecule has 0 radical (unpaired) electrons. The first-order chi connectivity index (χ1) is 12.2. The molecule has 6 nitrogen and oxygen atoms in total. The molecular formula is C18H17N3O3S. The van der Waals surface area contributed by atoms with Gasteiger partial charge in [0.05, 0.1) is 11.3 Å². The molecule has 2 atom stereocenters. The van der Waals surface area contributed by atoms with Crippen LogP contribution in [0.1, 0.15) is 5.56 Å². The Kier molecular flexibility index (Phi) is 4.31. The summed E-state index contributed by atoms with van der Waals surface area (Å²) >= 11 is 1.05. The van der Waals surface area contributed by atoms with Crippen molar-refractivity contribution in [2.45, 2.75) is 17.7 Å². The maximum absolute atomic E-state index is 11.6. The van der Waals surface area contributed by atoms with Crippen molar-refractivity contribution in [3.63, 3.8) is 0 Å². The number of ether oxygens (including phenoxy) is 1. The van der Waals surface area contributed by atoms with Gasteiger partial charge in [-0.2, -0.15) is 0 Å². The minimum Gasteiger partial charge on any atom is -0.491 e. The molecule has 7 heteroatoms. The summed E-state index contributed by atoms with van der Waals surface area (Å²) in [4.78, 5) is 29.3. The SMILES string of the molecule is O=C1NC(=O)C(Cc2ccc(OCC3CN3c3ccccn3)cc2)S1. The molecule has 2 saturated heterocycles. The summed E-state index contributed by atoms with van der Waals surface area (Å²) < 4.78 is 5.84. The number of rotatable bonds is 6. The maximum atomic E-state index is 11.6. The summed E-state index contributed by atoms with van der Waals surface area (Å²) in [7, 11) is 0. The lowest BCUT2D eigenvalue weighted by molar-refractivity contribution is -0.118. The van der Waals surface area contributed by atoms with Gasteiger partial charge in [-0.3, -0.25) is 14.9 Å². The van der Waals surface area contributed by atoms with Crippen LogP contribution >= 0.6 is 11.8 Å². The number of pyridine rings is 1. The van der Waals surface area contributed by atoms with Crippen molar-refractivity contribution in [1.82, 2.24) is 10.3 Å². The van der Waals surface area contributed by atoms with Gasteiger partial charge in [-0.25, -0.2) is 4.98 Å². The van der Waals surface area contributed by atoms with E-state index in [1.165, 1.54) is 0 Å². The van der Waals surface area contributed by atoms with Crippen LogP contribution in [-0.4, -0.2) is 40.6 Å². The van der Waals surface area contributed by atoms with E-state index in [0.717, 1.165) is 35.4 Å². The average molecular weight is 355 g/mol. The van der Waals surface area contributed by atoms with Crippen LogP contribution in [0.3, 0.4) is 0 Å². The number of anilines is 1. The molecule has 2 amide bonds. The van der Waals surface area contributed by atoms with Crippen LogP contribution in [0.15, 0.2) is 48.7 Å². The zero-order valence-corrected chi connectivity index (χ0v) is 14.2. The van der Waals surface area contributed by atoms with E-state index in [1.807, 2.05) is 42.5 Å². The molecule has 1 N–H and O–H groups in total. The first-order valence-electron chi connectivity index (χ1n) is 8.10. The lowest BCUT2D eigenvalue weighted by atomic mass is 10.1. The predicted molar refractivity (Wildman–Crippen MR) is 95.9 cm³/mol. The van der Waals surface area contributed by atoms with Gasteiger partial charge in [0.25, 0.3) is 5.24 Å². The van der Waals surface area contributed by atoms with Crippen LogP contribution in [0.2, 0.25) is 0 Å². The number of aromatic nitrogens is 1. The summed E-state index contributed by atoms with van der Waals surface area (Å²) in [6, 6.07) is 13.9. The number of carbonyl (C=O) groups is 2. The zero-order valence-electron chi connectivity index (χ0n) is 13.4. The van der Waals surface area contributed by atoms with E-state index >= 15 is 0 Å². The molecule has 0 aliphatic carbocycles. The molecule has 25 heavy (non-hydrogen) atoms. The molecule has 2 aromatic rings. The zero-order chi connectivity index (χ0) is 17.2. The van der Waals surface area contributed by atoms with Crippen molar-refractivity contribution in [3.05, 3.63) is 54.2 Å². The number of imide groups is 1. The maximum Gasteiger partial charge on any atom is 0.286 e. The highest BCUT2D eigenvalue weighted by molar-refractivity contribution is 8.15. The highest BCUT2D eigenvalue weighted by atomic mass is 32.2. The van der Waals surface area contributed by atoms with E-state index in [-0.39, 0.29) is 16.4 Å². The van der Waals surface area contributed by atoms with Crippen molar-refractivity contribution in [3.8, 4) is 5.75 Å². The van der Waals surface area contributed by atoms with Gasteiger partial charge < -0.3 is 9.64 Å². The van der Waals surface area contributed by atoms with Gasteiger partial charge in [0.1, 0.15) is 18.2 Å². The van der Waals surface area contributed by atoms with Gasteiger partial charge >= 0.3 is 0 Å². The summed E-state index contributed by atoms with van der Waals surface area (Å²) in [6.45, 7) is 1.57. The number of hydrogen-bond acceptors (Lipinski definition) is 6. The first kappa shape index (κ1) is 16.0. The fourth-order valence-electron chi connectivity index (χ4n) is 2.78. The van der Waals surface area contributed by atoms with Crippen molar-refractivity contribution in [2.75, 3.05) is 18.1 Å². The third kappa shape index (κ3) is 3.76. The highest BCUT2D eigenvalue weighted by Gasteiger charge is 2.35. The van der Waals surface area contributed by atoms with Crippen molar-refractivity contribution < 1.29 is 14.3 Å². The Morgan fingerprint density at radius 1 is 1.20 bits per heavy atom. The second-order valence-electron chi connectivity index (χ2n) is 6.04. The molecule has 128 valence electrons. The Hall–Kier alpha value is -2.54. The molecule has 2 aliphatic rings. The van der Waals surface area contributed by atoms with Gasteiger partial charge in [-0.05, 0) is 36.2 Å². The van der Waals surface area contributed by atoms with E-state index in [0.29, 0.717) is 19.1 Å². The van der Waals surface area contributed by atoms with E-state index in [4.69, 9.17) is 4.74 Å². The molecule has 2 aliphatic heterocycles. The van der Waals surface area contributed by atoms with Crippen LogP contribution < -0.4 is 15.0 Å². The molecule has 0 spiro atoms. The summed E-state index contributed by atoms with van der Waals surface area (Å²) in [5.41, 5.74) is 1.01. The van der Waals surface area contributed by atoms with Crippen LogP contribution in [-0.2, 0) is 11.2 Å². The average Bonchev–Trinajstić information content (AvgIpc) is 3.34. The fraction of sp³-hybridized carbons (Fsp3) is 0.278. The Morgan fingerprint density at radius 3 is 2.72 bits per heavy atom. The summed E-state index contributed by atoms with van der Waals surface area (Å²) in [6.07, 6.45) is 2.33. The second-order valence-corrected chi connectivity index (χ2v) is 7.21. The van der Waals surface area contributed by atoms with Crippen LogP contribution in [0, 0.1) is 0 Å². The fourth-order valence-corrected chi connectivity index (χ4v) is 3.64. The van der Waals surface area contributed by atoms with Gasteiger partial charge in [0.2, 0.25) is 5.91 Å². The molecule has 1 aromatic heterocycles. The number of thioether (sulfide) groups is 1. The standard InChI is InChI=1S/C18H17N3O3S/c22-17-15(25-18(23)20-17)9-12-4-6-14(7-5-12)24-11-13-10-21(13)16-3-1-2-8-19-16/h1-8,13,15H,9-11H2,(H,20,22,23). The Labute approximate surface area is 149 Å². The van der Waals surface area contributed by atoms with Crippen LogP contribution in [0.5, 0.6) is 5.75 Å². The molecule has 3 heterocycles. The number of nitrogens with zero attached hydrogens (tertiary/aromatic N) is 2. The smallest absolute Gasteiger partial charge is 0.286 e. The minimum absolute atomic E-state index is 0.210. The normalized spacial score (nSPS) is 22.0. The lowest BCUT2D eigenvalue weighted by Crippen LogP contribution is -2.25. The van der Waals surface area contributed by atoms with Gasteiger partial charge in [-0.15, -0.1) is 0 Å². The topological polar surface area (TPSA) is 71.3 Å². The predicted octanol–water partition coefficient (Wildman–Crippen LogP) is 2.24. The Balaban J connectivity index is 1.27. The lowest BCUT2D eigenvalue weighted by Gasteiger charge is -2.09. The van der Waals surface area contributed by atoms with Crippen molar-refractivity contribution in [2.24, 2.45) is 0 Å². The highest BCUT2D eigenvalue weighted by Crippen LogP contribution is 2.27. The van der Waals surface area contributed by atoms with E-state index in [2.05, 4.69) is 15.2 Å². The molecule has 2 unspecified atom stereocenters. The monoisotopic (exact) mass is 355 g/mol. The molecule has 1 aromatic carbocycles. The number of carbonyl (C=O) groups excluding carboxylic acids is 2. The second kappa shape index (κ2) is 6.76. The number of benzene rings is 1. The summed E-state index contributed by atoms with van der Waals surface area (Å²) in [5, 5.41) is 1.70. The van der Waals surface area contributed by atoms with E-state index in [9.17, 15) is 9.59 Å². The quantitative estimate of drug-likeness (QED) is 0.802. The number of hydrogen-bond donors (Lipinski definition) is 1. The van der Waals surface area contributed by atoms with Crippen molar-refractivity contribution in [1.29, 1.82) is 0 Å². The van der Waals surface area contributed by atoms with Gasteiger partial charge in [0, 0.05) is 12.7 Å². The molecule has 4 rings (SSSR count). The van der Waals surface area contributed by atoms with Gasteiger partial charge in [0.15, 0.2) is 0 Å². The van der Waals surface area contributed by atoms with Gasteiger partial charge in [-0.1, -0.05) is 30.0 Å². The largest absolute Gasteiger partial charge is 0.491 e. The van der Waals surface area contributed by atoms with Crippen LogP contribution in [0.25, 0.3) is 0 Å².